The van der Waals surface area contributed by atoms with Crippen LogP contribution < -0.4 is 0 Å². The lowest BCUT2D eigenvalue weighted by Crippen LogP contribution is -2.55. The molecule has 0 aromatic heterocycles. The van der Waals surface area contributed by atoms with Crippen LogP contribution in [0.5, 0.6) is 0 Å². The highest BCUT2D eigenvalue weighted by molar-refractivity contribution is 5.25. The molecule has 1 heteroatoms. The first-order valence-electron chi connectivity index (χ1n) is 8.73. The lowest BCUT2D eigenvalue weighted by atomic mass is 9.45. The van der Waals surface area contributed by atoms with E-state index in [1.54, 1.807) is 5.57 Å². The summed E-state index contributed by atoms with van der Waals surface area (Å²) in [6.45, 7) is 13.5. The molecule has 1 nitrogen and oxygen atoms in total. The lowest BCUT2D eigenvalue weighted by Gasteiger charge is -2.60. The van der Waals surface area contributed by atoms with Crippen molar-refractivity contribution in [2.24, 2.45) is 28.1 Å². The first kappa shape index (κ1) is 15.3. The highest BCUT2D eigenvalue weighted by Crippen LogP contribution is 2.63. The number of fused-ring (bicyclic) bond motifs is 3. The Morgan fingerprint density at radius 2 is 1.90 bits per heavy atom. The molecule has 0 spiro atoms. The molecule has 0 unspecified atom stereocenters. The normalized spacial score (nSPS) is 48.8. The van der Waals surface area contributed by atoms with Crippen molar-refractivity contribution in [2.75, 3.05) is 0 Å². The summed E-state index contributed by atoms with van der Waals surface area (Å²) in [7, 11) is 0. The van der Waals surface area contributed by atoms with Crippen LogP contribution in [0.3, 0.4) is 0 Å². The number of aliphatic hydroxyl groups excluding tert-OH is 1. The third-order valence-electron chi connectivity index (χ3n) is 7.47. The number of aliphatic hydroxyl groups is 1. The molecule has 0 aliphatic heterocycles. The van der Waals surface area contributed by atoms with E-state index in [1.807, 2.05) is 0 Å². The number of allylic oxidation sites excluding steroid dienone is 3. The smallest absolute Gasteiger partial charge is 0.0594 e. The highest BCUT2D eigenvalue weighted by Gasteiger charge is 2.56. The predicted molar refractivity (Wildman–Crippen MR) is 89.0 cm³/mol. The van der Waals surface area contributed by atoms with E-state index in [9.17, 15) is 5.11 Å². The molecule has 0 bridgehead atoms. The minimum atomic E-state index is -0.132. The van der Waals surface area contributed by atoms with Crippen molar-refractivity contribution in [3.63, 3.8) is 0 Å². The van der Waals surface area contributed by atoms with Crippen molar-refractivity contribution in [1.82, 2.24) is 0 Å². The van der Waals surface area contributed by atoms with Crippen molar-refractivity contribution < 1.29 is 5.11 Å². The third-order valence-corrected chi connectivity index (χ3v) is 7.47. The van der Waals surface area contributed by atoms with E-state index in [2.05, 4.69) is 46.4 Å². The maximum absolute atomic E-state index is 10.5. The molecule has 0 saturated heterocycles. The Labute approximate surface area is 130 Å². The SMILES string of the molecule is C=C[C@@]1(C)CC[C@H]2C(=CC[C@H]3C(C)(C)[C@@H](O)CC[C@@]23C)C1. The Bertz CT molecular complexity index is 474. The Hall–Kier alpha value is -0.560. The van der Waals surface area contributed by atoms with Gasteiger partial charge in [-0.3, -0.25) is 0 Å². The zero-order chi connectivity index (χ0) is 15.5. The summed E-state index contributed by atoms with van der Waals surface area (Å²) in [5, 5.41) is 10.5. The van der Waals surface area contributed by atoms with Gasteiger partial charge in [-0.2, -0.15) is 0 Å². The maximum Gasteiger partial charge on any atom is 0.0594 e. The molecular weight excluding hydrogens is 256 g/mol. The molecule has 0 amide bonds. The number of rotatable bonds is 1. The van der Waals surface area contributed by atoms with Crippen molar-refractivity contribution in [3.05, 3.63) is 24.3 Å². The summed E-state index contributed by atoms with van der Waals surface area (Å²) in [6.07, 6.45) is 11.7. The van der Waals surface area contributed by atoms with Gasteiger partial charge in [0.1, 0.15) is 0 Å². The van der Waals surface area contributed by atoms with Gasteiger partial charge in [0.05, 0.1) is 6.10 Å². The zero-order valence-electron chi connectivity index (χ0n) is 14.3. The number of hydrogen-bond acceptors (Lipinski definition) is 1. The fraction of sp³-hybridized carbons (Fsp3) is 0.800. The lowest BCUT2D eigenvalue weighted by molar-refractivity contribution is -0.120. The minimum absolute atomic E-state index is 0.0498. The Morgan fingerprint density at radius 3 is 2.57 bits per heavy atom. The van der Waals surface area contributed by atoms with E-state index >= 15 is 0 Å². The van der Waals surface area contributed by atoms with Crippen LogP contribution in [-0.2, 0) is 0 Å². The van der Waals surface area contributed by atoms with Gasteiger partial charge >= 0.3 is 0 Å². The average Bonchev–Trinajstić information content (AvgIpc) is 2.43. The van der Waals surface area contributed by atoms with Crippen LogP contribution in [0.4, 0.5) is 0 Å². The largest absolute Gasteiger partial charge is 0.393 e. The summed E-state index contributed by atoms with van der Waals surface area (Å²) in [5.74, 6) is 1.35. The molecule has 21 heavy (non-hydrogen) atoms. The van der Waals surface area contributed by atoms with Gasteiger partial charge in [-0.25, -0.2) is 0 Å². The molecule has 2 saturated carbocycles. The van der Waals surface area contributed by atoms with E-state index in [0.29, 0.717) is 16.7 Å². The van der Waals surface area contributed by atoms with E-state index in [-0.39, 0.29) is 11.5 Å². The van der Waals surface area contributed by atoms with Crippen LogP contribution >= 0.6 is 0 Å². The first-order valence-corrected chi connectivity index (χ1v) is 8.73. The van der Waals surface area contributed by atoms with Gasteiger partial charge in [0, 0.05) is 0 Å². The second kappa shape index (κ2) is 4.72. The summed E-state index contributed by atoms with van der Waals surface area (Å²) < 4.78 is 0. The van der Waals surface area contributed by atoms with E-state index in [0.717, 1.165) is 18.8 Å². The van der Waals surface area contributed by atoms with Gasteiger partial charge in [0.25, 0.3) is 0 Å². The fourth-order valence-electron chi connectivity index (χ4n) is 5.81. The van der Waals surface area contributed by atoms with E-state index < -0.39 is 0 Å². The molecule has 0 radical (unpaired) electrons. The van der Waals surface area contributed by atoms with E-state index in [4.69, 9.17) is 0 Å². The number of hydrogen-bond donors (Lipinski definition) is 1. The molecule has 1 N–H and O–H groups in total. The quantitative estimate of drug-likeness (QED) is 0.665. The van der Waals surface area contributed by atoms with Crippen molar-refractivity contribution in [2.45, 2.75) is 72.3 Å². The highest BCUT2D eigenvalue weighted by atomic mass is 16.3. The topological polar surface area (TPSA) is 20.2 Å². The molecular formula is C20H32O. The average molecular weight is 288 g/mol. The van der Waals surface area contributed by atoms with E-state index in [1.165, 1.54) is 25.7 Å². The molecule has 3 aliphatic carbocycles. The van der Waals surface area contributed by atoms with Crippen LogP contribution in [0.2, 0.25) is 0 Å². The Balaban J connectivity index is 1.95. The van der Waals surface area contributed by atoms with Crippen LogP contribution in [0, 0.1) is 28.1 Å². The van der Waals surface area contributed by atoms with Crippen molar-refractivity contribution in [1.29, 1.82) is 0 Å². The van der Waals surface area contributed by atoms with Gasteiger partial charge in [-0.15, -0.1) is 6.58 Å². The second-order valence-corrected chi connectivity index (χ2v) is 9.08. The summed E-state index contributed by atoms with van der Waals surface area (Å²) in [5.41, 5.74) is 2.42. The molecule has 0 heterocycles. The van der Waals surface area contributed by atoms with Crippen LogP contribution in [-0.4, -0.2) is 11.2 Å². The molecule has 0 aromatic rings. The molecule has 0 aromatic carbocycles. The second-order valence-electron chi connectivity index (χ2n) is 9.08. The molecule has 3 aliphatic rings. The summed E-state index contributed by atoms with van der Waals surface area (Å²) in [6, 6.07) is 0. The van der Waals surface area contributed by atoms with Crippen molar-refractivity contribution >= 4 is 0 Å². The zero-order valence-corrected chi connectivity index (χ0v) is 14.3. The van der Waals surface area contributed by atoms with Crippen molar-refractivity contribution in [3.8, 4) is 0 Å². The van der Waals surface area contributed by atoms with Gasteiger partial charge in [0.2, 0.25) is 0 Å². The monoisotopic (exact) mass is 288 g/mol. The minimum Gasteiger partial charge on any atom is -0.393 e. The predicted octanol–water partition coefficient (Wildman–Crippen LogP) is 5.11. The van der Waals surface area contributed by atoms with Gasteiger partial charge in [0.15, 0.2) is 0 Å². The van der Waals surface area contributed by atoms with Gasteiger partial charge in [-0.05, 0) is 66.6 Å². The molecule has 5 atom stereocenters. The van der Waals surface area contributed by atoms with Crippen LogP contribution in [0.1, 0.15) is 66.2 Å². The Kier molecular flexibility index (Phi) is 3.44. The van der Waals surface area contributed by atoms with Gasteiger partial charge in [-0.1, -0.05) is 45.4 Å². The summed E-state index contributed by atoms with van der Waals surface area (Å²) >= 11 is 0. The fourth-order valence-corrected chi connectivity index (χ4v) is 5.81. The van der Waals surface area contributed by atoms with Gasteiger partial charge < -0.3 is 5.11 Å². The van der Waals surface area contributed by atoms with Crippen LogP contribution in [0.15, 0.2) is 24.3 Å². The Morgan fingerprint density at radius 1 is 1.19 bits per heavy atom. The molecule has 2 fully saturated rings. The summed E-state index contributed by atoms with van der Waals surface area (Å²) in [4.78, 5) is 0. The standard InChI is InChI=1S/C20H32O/c1-6-19(4)11-9-15-14(13-19)7-8-16-18(2,3)17(21)10-12-20(15,16)5/h6-7,15-17,21H,1,8-13H2,2-5H3/t15-,16-,17-,19-,20-/m0/s1. The maximum atomic E-state index is 10.5. The first-order chi connectivity index (χ1) is 9.73. The van der Waals surface area contributed by atoms with Crippen LogP contribution in [0.25, 0.3) is 0 Å². The molecule has 118 valence electrons. The molecule has 3 rings (SSSR count). The third kappa shape index (κ3) is 2.15.